The second kappa shape index (κ2) is 3.00. The van der Waals surface area contributed by atoms with E-state index in [2.05, 4.69) is 4.72 Å². The molecule has 2 unspecified atom stereocenters. The summed E-state index contributed by atoms with van der Waals surface area (Å²) in [5.41, 5.74) is 0. The first-order chi connectivity index (χ1) is 5.67. The van der Waals surface area contributed by atoms with Crippen LogP contribution in [0.4, 0.5) is 0 Å². The van der Waals surface area contributed by atoms with Crippen LogP contribution in [0.1, 0.15) is 25.7 Å². The SMILES string of the molecule is O=S1(=O)CC2CCCCC2CN1. The largest absolute Gasteiger partial charge is 0.215 e. The maximum absolute atomic E-state index is 11.2. The lowest BCUT2D eigenvalue weighted by molar-refractivity contribution is 0.247. The summed E-state index contributed by atoms with van der Waals surface area (Å²) < 4.78 is 25.0. The molecule has 2 fully saturated rings. The second-order valence-electron chi connectivity index (χ2n) is 3.93. The molecule has 0 aromatic carbocycles. The minimum absolute atomic E-state index is 0.373. The topological polar surface area (TPSA) is 46.2 Å². The summed E-state index contributed by atoms with van der Waals surface area (Å²) in [6.45, 7) is 0.688. The van der Waals surface area contributed by atoms with E-state index in [1.165, 1.54) is 19.3 Å². The summed E-state index contributed by atoms with van der Waals surface area (Å²) in [5, 5.41) is 0. The molecule has 0 spiro atoms. The maximum atomic E-state index is 11.2. The Morgan fingerprint density at radius 1 is 1.08 bits per heavy atom. The van der Waals surface area contributed by atoms with Crippen LogP contribution < -0.4 is 4.72 Å². The van der Waals surface area contributed by atoms with E-state index in [0.717, 1.165) is 6.42 Å². The molecule has 0 bridgehead atoms. The predicted molar refractivity (Wildman–Crippen MR) is 47.2 cm³/mol. The minimum Gasteiger partial charge on any atom is -0.215 e. The quantitative estimate of drug-likeness (QED) is 0.610. The molecule has 1 aliphatic carbocycles. The number of rotatable bonds is 0. The van der Waals surface area contributed by atoms with Gasteiger partial charge in [0.2, 0.25) is 10.0 Å². The van der Waals surface area contributed by atoms with Crippen LogP contribution >= 0.6 is 0 Å². The van der Waals surface area contributed by atoms with Crippen molar-refractivity contribution in [1.29, 1.82) is 0 Å². The smallest absolute Gasteiger partial charge is 0.211 e. The molecule has 1 saturated carbocycles. The Kier molecular flexibility index (Phi) is 2.12. The molecule has 2 rings (SSSR count). The van der Waals surface area contributed by atoms with Crippen LogP contribution in [-0.4, -0.2) is 20.7 Å². The second-order valence-corrected chi connectivity index (χ2v) is 5.79. The third-order valence-electron chi connectivity index (χ3n) is 3.07. The van der Waals surface area contributed by atoms with Crippen LogP contribution in [0.5, 0.6) is 0 Å². The van der Waals surface area contributed by atoms with Gasteiger partial charge >= 0.3 is 0 Å². The molecule has 3 nitrogen and oxygen atoms in total. The van der Waals surface area contributed by atoms with Gasteiger partial charge in [-0.15, -0.1) is 0 Å². The summed E-state index contributed by atoms with van der Waals surface area (Å²) in [5.74, 6) is 1.45. The number of sulfonamides is 1. The van der Waals surface area contributed by atoms with Gasteiger partial charge in [0, 0.05) is 6.54 Å². The first-order valence-electron chi connectivity index (χ1n) is 4.65. The van der Waals surface area contributed by atoms with Crippen molar-refractivity contribution < 1.29 is 8.42 Å². The van der Waals surface area contributed by atoms with Crippen molar-refractivity contribution >= 4 is 10.0 Å². The molecule has 1 aliphatic heterocycles. The van der Waals surface area contributed by atoms with Gasteiger partial charge in [0.05, 0.1) is 5.75 Å². The fourth-order valence-electron chi connectivity index (χ4n) is 2.35. The van der Waals surface area contributed by atoms with E-state index in [9.17, 15) is 8.42 Å². The highest BCUT2D eigenvalue weighted by Crippen LogP contribution is 2.32. The van der Waals surface area contributed by atoms with Crippen LogP contribution in [0.2, 0.25) is 0 Å². The Balaban J connectivity index is 2.08. The standard InChI is InChI=1S/C8H15NO2S/c10-12(11)6-8-4-2-1-3-7(8)5-9-12/h7-9H,1-6H2. The Labute approximate surface area is 73.6 Å². The van der Waals surface area contributed by atoms with Crippen molar-refractivity contribution in [3.05, 3.63) is 0 Å². The van der Waals surface area contributed by atoms with Gasteiger partial charge in [-0.1, -0.05) is 12.8 Å². The van der Waals surface area contributed by atoms with Gasteiger partial charge in [-0.3, -0.25) is 0 Å². The highest BCUT2D eigenvalue weighted by molar-refractivity contribution is 7.89. The highest BCUT2D eigenvalue weighted by atomic mass is 32.2. The van der Waals surface area contributed by atoms with Crippen molar-refractivity contribution in [1.82, 2.24) is 4.72 Å². The minimum atomic E-state index is -2.90. The summed E-state index contributed by atoms with van der Waals surface area (Å²) in [4.78, 5) is 0. The molecule has 0 amide bonds. The Bertz CT molecular complexity index is 260. The molecular formula is C8H15NO2S. The van der Waals surface area contributed by atoms with Crippen molar-refractivity contribution in [3.63, 3.8) is 0 Å². The molecular weight excluding hydrogens is 174 g/mol. The van der Waals surface area contributed by atoms with Crippen LogP contribution in [0.3, 0.4) is 0 Å². The van der Waals surface area contributed by atoms with E-state index in [0.29, 0.717) is 24.1 Å². The van der Waals surface area contributed by atoms with Crippen LogP contribution in [-0.2, 0) is 10.0 Å². The fourth-order valence-corrected chi connectivity index (χ4v) is 3.94. The number of hydrogen-bond acceptors (Lipinski definition) is 2. The fraction of sp³-hybridized carbons (Fsp3) is 1.00. The lowest BCUT2D eigenvalue weighted by Gasteiger charge is -2.35. The predicted octanol–water partition coefficient (Wildman–Crippen LogP) is 0.726. The number of nitrogens with one attached hydrogen (secondary N) is 1. The van der Waals surface area contributed by atoms with Crippen molar-refractivity contribution in [3.8, 4) is 0 Å². The maximum Gasteiger partial charge on any atom is 0.211 e. The van der Waals surface area contributed by atoms with Crippen LogP contribution in [0.15, 0.2) is 0 Å². The van der Waals surface area contributed by atoms with Crippen LogP contribution in [0, 0.1) is 11.8 Å². The average molecular weight is 189 g/mol. The Morgan fingerprint density at radius 2 is 1.75 bits per heavy atom. The molecule has 2 aliphatic rings. The zero-order chi connectivity index (χ0) is 8.60. The van der Waals surface area contributed by atoms with E-state index < -0.39 is 10.0 Å². The normalized spacial score (nSPS) is 40.3. The number of fused-ring (bicyclic) bond motifs is 1. The molecule has 12 heavy (non-hydrogen) atoms. The van der Waals surface area contributed by atoms with Gasteiger partial charge in [0.1, 0.15) is 0 Å². The summed E-state index contributed by atoms with van der Waals surface area (Å²) in [6, 6.07) is 0. The molecule has 0 aromatic rings. The summed E-state index contributed by atoms with van der Waals surface area (Å²) in [6.07, 6.45) is 4.83. The molecule has 4 heteroatoms. The van der Waals surface area contributed by atoms with Gasteiger partial charge in [-0.2, -0.15) is 0 Å². The summed E-state index contributed by atoms with van der Waals surface area (Å²) >= 11 is 0. The van der Waals surface area contributed by atoms with E-state index >= 15 is 0 Å². The van der Waals surface area contributed by atoms with Gasteiger partial charge in [0.15, 0.2) is 0 Å². The van der Waals surface area contributed by atoms with E-state index in [1.54, 1.807) is 0 Å². The van der Waals surface area contributed by atoms with E-state index in [4.69, 9.17) is 0 Å². The van der Waals surface area contributed by atoms with E-state index in [1.807, 2.05) is 0 Å². The van der Waals surface area contributed by atoms with Crippen LogP contribution in [0.25, 0.3) is 0 Å². The molecule has 2 atom stereocenters. The average Bonchev–Trinajstić information content (AvgIpc) is 2.02. The van der Waals surface area contributed by atoms with Gasteiger partial charge < -0.3 is 0 Å². The lowest BCUT2D eigenvalue weighted by Crippen LogP contribution is -2.45. The van der Waals surface area contributed by atoms with Crippen molar-refractivity contribution in [2.45, 2.75) is 25.7 Å². The molecule has 0 radical (unpaired) electrons. The molecule has 1 N–H and O–H groups in total. The zero-order valence-corrected chi connectivity index (χ0v) is 7.94. The first kappa shape index (κ1) is 8.51. The monoisotopic (exact) mass is 189 g/mol. The molecule has 1 heterocycles. The van der Waals surface area contributed by atoms with Gasteiger partial charge in [0.25, 0.3) is 0 Å². The third-order valence-corrected chi connectivity index (χ3v) is 4.54. The van der Waals surface area contributed by atoms with Crippen molar-refractivity contribution in [2.24, 2.45) is 11.8 Å². The number of hydrogen-bond donors (Lipinski definition) is 1. The molecule has 1 saturated heterocycles. The van der Waals surface area contributed by atoms with Gasteiger partial charge in [-0.05, 0) is 24.7 Å². The molecule has 70 valence electrons. The highest BCUT2D eigenvalue weighted by Gasteiger charge is 2.33. The summed E-state index contributed by atoms with van der Waals surface area (Å²) in [7, 11) is -2.90. The first-order valence-corrected chi connectivity index (χ1v) is 6.30. The Morgan fingerprint density at radius 3 is 2.50 bits per heavy atom. The zero-order valence-electron chi connectivity index (χ0n) is 7.12. The van der Waals surface area contributed by atoms with Gasteiger partial charge in [-0.25, -0.2) is 13.1 Å². The lowest BCUT2D eigenvalue weighted by atomic mass is 9.80. The van der Waals surface area contributed by atoms with Crippen molar-refractivity contribution in [2.75, 3.05) is 12.3 Å². The third kappa shape index (κ3) is 1.64. The Hall–Kier alpha value is -0.0900. The molecule has 0 aromatic heterocycles. The van der Waals surface area contributed by atoms with E-state index in [-0.39, 0.29) is 0 Å².